The number of rotatable bonds is 7. The van der Waals surface area contributed by atoms with Gasteiger partial charge in [0.15, 0.2) is 0 Å². The van der Waals surface area contributed by atoms with E-state index in [0.717, 1.165) is 11.8 Å². The van der Waals surface area contributed by atoms with Crippen LogP contribution in [-0.4, -0.2) is 29.9 Å². The molecule has 0 bridgehead atoms. The summed E-state index contributed by atoms with van der Waals surface area (Å²) in [5.41, 5.74) is 0.143. The highest BCUT2D eigenvalue weighted by Gasteiger charge is 2.07. The number of nitrogens with one attached hydrogen (secondary N) is 2. The summed E-state index contributed by atoms with van der Waals surface area (Å²) in [6.07, 6.45) is 1.58. The van der Waals surface area contributed by atoms with Crippen molar-refractivity contribution in [3.8, 4) is 0 Å². The number of benzene rings is 1. The monoisotopic (exact) mass is 282 g/mol. The summed E-state index contributed by atoms with van der Waals surface area (Å²) in [6.45, 7) is 3.88. The summed E-state index contributed by atoms with van der Waals surface area (Å²) in [4.78, 5) is 22.7. The van der Waals surface area contributed by atoms with Gasteiger partial charge in [0.05, 0.1) is 17.2 Å². The minimum atomic E-state index is -0.482. The molecule has 0 saturated heterocycles. The highest BCUT2D eigenvalue weighted by molar-refractivity contribution is 8.00. The van der Waals surface area contributed by atoms with Gasteiger partial charge >= 0.3 is 0 Å². The first-order chi connectivity index (χ1) is 9.13. The Morgan fingerprint density at radius 2 is 1.95 bits per heavy atom. The Balaban J connectivity index is 2.27. The number of hydrogen-bond donors (Lipinski definition) is 2. The van der Waals surface area contributed by atoms with Crippen molar-refractivity contribution in [1.82, 2.24) is 5.32 Å². The van der Waals surface area contributed by atoms with E-state index in [0.29, 0.717) is 6.54 Å². The summed E-state index contributed by atoms with van der Waals surface area (Å²) >= 11 is 1.16. The Hall–Kier alpha value is -1.82. The molecule has 4 nitrogen and oxygen atoms in total. The van der Waals surface area contributed by atoms with Crippen molar-refractivity contribution in [2.75, 3.05) is 23.4 Å². The molecule has 0 radical (unpaired) electrons. The van der Waals surface area contributed by atoms with Crippen LogP contribution in [-0.2, 0) is 9.59 Å². The fraction of sp³-hybridized carbons (Fsp3) is 0.231. The maximum atomic E-state index is 13.2. The van der Waals surface area contributed by atoms with Gasteiger partial charge in [0.25, 0.3) is 0 Å². The smallest absolute Gasteiger partial charge is 0.234 e. The second kappa shape index (κ2) is 8.31. The standard InChI is InChI=1S/C13H15FN2O2S/c1-2-7-15-12(17)8-19-9-13(18)16-11-6-4-3-5-10(11)14/h2-6H,1,7-9H2,(H,15,17)(H,16,18). The van der Waals surface area contributed by atoms with Crippen molar-refractivity contribution < 1.29 is 14.0 Å². The Bertz CT molecular complexity index is 466. The van der Waals surface area contributed by atoms with Crippen LogP contribution in [0.3, 0.4) is 0 Å². The van der Waals surface area contributed by atoms with Crippen LogP contribution in [0.25, 0.3) is 0 Å². The molecule has 0 atom stereocenters. The summed E-state index contributed by atoms with van der Waals surface area (Å²) in [5, 5.41) is 5.04. The SMILES string of the molecule is C=CCNC(=O)CSCC(=O)Nc1ccccc1F. The molecule has 19 heavy (non-hydrogen) atoms. The van der Waals surface area contributed by atoms with Crippen LogP contribution in [0, 0.1) is 5.82 Å². The molecular formula is C13H15FN2O2S. The number of para-hydroxylation sites is 1. The molecule has 0 aliphatic carbocycles. The lowest BCUT2D eigenvalue weighted by molar-refractivity contribution is -0.118. The molecule has 102 valence electrons. The van der Waals surface area contributed by atoms with E-state index in [1.807, 2.05) is 0 Å². The summed E-state index contributed by atoms with van der Waals surface area (Å²) in [6, 6.07) is 5.93. The largest absolute Gasteiger partial charge is 0.352 e. The van der Waals surface area contributed by atoms with Gasteiger partial charge in [0, 0.05) is 6.54 Å². The molecule has 0 aliphatic rings. The molecule has 0 fully saturated rings. The maximum Gasteiger partial charge on any atom is 0.234 e. The lowest BCUT2D eigenvalue weighted by atomic mass is 10.3. The quantitative estimate of drug-likeness (QED) is 0.750. The molecule has 1 aromatic carbocycles. The molecular weight excluding hydrogens is 267 g/mol. The first-order valence-electron chi connectivity index (χ1n) is 5.63. The molecule has 0 unspecified atom stereocenters. The Labute approximate surface area is 115 Å². The molecule has 0 heterocycles. The number of carbonyl (C=O) groups excluding carboxylic acids is 2. The van der Waals surface area contributed by atoms with Crippen molar-refractivity contribution in [2.24, 2.45) is 0 Å². The summed E-state index contributed by atoms with van der Waals surface area (Å²) in [7, 11) is 0. The van der Waals surface area contributed by atoms with Gasteiger partial charge < -0.3 is 10.6 Å². The third-order valence-corrected chi connectivity index (χ3v) is 2.99. The van der Waals surface area contributed by atoms with Gasteiger partial charge in [-0.05, 0) is 12.1 Å². The first kappa shape index (κ1) is 15.2. The first-order valence-corrected chi connectivity index (χ1v) is 6.78. The highest BCUT2D eigenvalue weighted by atomic mass is 32.2. The van der Waals surface area contributed by atoms with Crippen LogP contribution >= 0.6 is 11.8 Å². The van der Waals surface area contributed by atoms with Crippen LogP contribution in [0.4, 0.5) is 10.1 Å². The third kappa shape index (κ3) is 6.05. The zero-order valence-electron chi connectivity index (χ0n) is 10.3. The molecule has 2 amide bonds. The number of hydrogen-bond acceptors (Lipinski definition) is 3. The lowest BCUT2D eigenvalue weighted by Gasteiger charge is -2.06. The second-order valence-electron chi connectivity index (χ2n) is 3.61. The van der Waals surface area contributed by atoms with Crippen LogP contribution < -0.4 is 10.6 Å². The van der Waals surface area contributed by atoms with Crippen molar-refractivity contribution in [3.63, 3.8) is 0 Å². The van der Waals surface area contributed by atoms with E-state index in [2.05, 4.69) is 17.2 Å². The van der Waals surface area contributed by atoms with E-state index in [1.165, 1.54) is 12.1 Å². The van der Waals surface area contributed by atoms with Gasteiger partial charge in [0.2, 0.25) is 11.8 Å². The van der Waals surface area contributed by atoms with E-state index >= 15 is 0 Å². The van der Waals surface area contributed by atoms with Crippen LogP contribution in [0.1, 0.15) is 0 Å². The van der Waals surface area contributed by atoms with E-state index in [9.17, 15) is 14.0 Å². The number of amides is 2. The normalized spacial score (nSPS) is 9.74. The summed E-state index contributed by atoms with van der Waals surface area (Å²) < 4.78 is 13.2. The molecule has 0 saturated carbocycles. The molecule has 1 rings (SSSR count). The van der Waals surface area contributed by atoms with E-state index in [1.54, 1.807) is 18.2 Å². The van der Waals surface area contributed by atoms with Gasteiger partial charge in [-0.2, -0.15) is 0 Å². The Morgan fingerprint density at radius 3 is 2.63 bits per heavy atom. The Morgan fingerprint density at radius 1 is 1.26 bits per heavy atom. The van der Waals surface area contributed by atoms with Crippen LogP contribution in [0.5, 0.6) is 0 Å². The zero-order chi connectivity index (χ0) is 14.1. The van der Waals surface area contributed by atoms with Crippen molar-refractivity contribution in [3.05, 3.63) is 42.7 Å². The number of halogens is 1. The van der Waals surface area contributed by atoms with Crippen molar-refractivity contribution in [2.45, 2.75) is 0 Å². The Kier molecular flexibility index (Phi) is 6.67. The van der Waals surface area contributed by atoms with Gasteiger partial charge in [-0.15, -0.1) is 18.3 Å². The molecule has 6 heteroatoms. The number of thioether (sulfide) groups is 1. The minimum absolute atomic E-state index is 0.0931. The van der Waals surface area contributed by atoms with Gasteiger partial charge in [0.1, 0.15) is 5.82 Å². The van der Waals surface area contributed by atoms with Gasteiger partial charge in [-0.3, -0.25) is 9.59 Å². The third-order valence-electron chi connectivity index (χ3n) is 2.06. The van der Waals surface area contributed by atoms with Gasteiger partial charge in [-0.1, -0.05) is 18.2 Å². The van der Waals surface area contributed by atoms with Crippen molar-refractivity contribution in [1.29, 1.82) is 0 Å². The van der Waals surface area contributed by atoms with Crippen LogP contribution in [0.2, 0.25) is 0 Å². The second-order valence-corrected chi connectivity index (χ2v) is 4.60. The lowest BCUT2D eigenvalue weighted by Crippen LogP contribution is -2.26. The maximum absolute atomic E-state index is 13.2. The number of anilines is 1. The zero-order valence-corrected chi connectivity index (χ0v) is 11.1. The predicted octanol–water partition coefficient (Wildman–Crippen LogP) is 1.80. The molecule has 0 aliphatic heterocycles. The predicted molar refractivity (Wildman–Crippen MR) is 75.6 cm³/mol. The number of carbonyl (C=O) groups is 2. The average Bonchev–Trinajstić information content (AvgIpc) is 2.39. The van der Waals surface area contributed by atoms with Crippen LogP contribution in [0.15, 0.2) is 36.9 Å². The van der Waals surface area contributed by atoms with Crippen molar-refractivity contribution >= 4 is 29.3 Å². The van der Waals surface area contributed by atoms with E-state index < -0.39 is 5.82 Å². The minimum Gasteiger partial charge on any atom is -0.352 e. The van der Waals surface area contributed by atoms with E-state index in [4.69, 9.17) is 0 Å². The average molecular weight is 282 g/mol. The summed E-state index contributed by atoms with van der Waals surface area (Å²) in [5.74, 6) is -0.714. The molecule has 1 aromatic rings. The highest BCUT2D eigenvalue weighted by Crippen LogP contribution is 2.12. The fourth-order valence-electron chi connectivity index (χ4n) is 1.22. The fourth-order valence-corrected chi connectivity index (χ4v) is 1.87. The molecule has 0 spiro atoms. The molecule has 0 aromatic heterocycles. The van der Waals surface area contributed by atoms with Gasteiger partial charge in [-0.25, -0.2) is 4.39 Å². The van der Waals surface area contributed by atoms with E-state index in [-0.39, 0.29) is 29.0 Å². The topological polar surface area (TPSA) is 58.2 Å². The molecule has 2 N–H and O–H groups in total.